The Morgan fingerprint density at radius 1 is 1.19 bits per heavy atom. The summed E-state index contributed by atoms with van der Waals surface area (Å²) in [5, 5.41) is 21.8. The minimum atomic E-state index is -1.17. The number of hydrogen-bond donors (Lipinski definition) is 2. The number of carboxylic acids is 1. The molecule has 2 N–H and O–H groups in total. The van der Waals surface area contributed by atoms with Gasteiger partial charge in [0.25, 0.3) is 0 Å². The van der Waals surface area contributed by atoms with Gasteiger partial charge in [0.1, 0.15) is 18.9 Å². The molecule has 43 heavy (non-hydrogen) atoms. The maximum Gasteiger partial charge on any atom is 0.322 e. The predicted molar refractivity (Wildman–Crippen MR) is 158 cm³/mol. The molecule has 2 amide bonds. The van der Waals surface area contributed by atoms with Crippen LogP contribution < -0.4 is 5.32 Å². The van der Waals surface area contributed by atoms with Gasteiger partial charge in [0.15, 0.2) is 0 Å². The van der Waals surface area contributed by atoms with Crippen LogP contribution in [0.2, 0.25) is 0 Å². The number of aliphatic carboxylic acids is 1. The van der Waals surface area contributed by atoms with Crippen LogP contribution in [0.1, 0.15) is 31.4 Å². The van der Waals surface area contributed by atoms with Gasteiger partial charge in [-0.2, -0.15) is 10.2 Å². The fraction of sp³-hybridized carbons (Fsp3) is 0.387. The smallest absolute Gasteiger partial charge is 0.322 e. The SMILES string of the molecule is C=C(C)N1CC2(CC(c3nn(CC(=O)N(C)CC(=O)NCC(=O)O)c4cccc(-c5cc6c(cnn6C)cc5F)c34)C2)C1. The monoisotopic (exact) mass is 587 g/mol. The third-order valence-corrected chi connectivity index (χ3v) is 8.80. The Labute approximate surface area is 247 Å². The number of fused-ring (bicyclic) bond motifs is 2. The van der Waals surface area contributed by atoms with Crippen molar-refractivity contribution in [1.29, 1.82) is 0 Å². The summed E-state index contributed by atoms with van der Waals surface area (Å²) in [6, 6.07) is 8.90. The molecule has 2 aliphatic rings. The molecule has 2 aromatic carbocycles. The van der Waals surface area contributed by atoms with E-state index in [1.54, 1.807) is 21.6 Å². The molecule has 6 rings (SSSR count). The number of aryl methyl sites for hydroxylation is 1. The summed E-state index contributed by atoms with van der Waals surface area (Å²) < 4.78 is 19.0. The van der Waals surface area contributed by atoms with Gasteiger partial charge >= 0.3 is 5.97 Å². The molecule has 1 saturated carbocycles. The van der Waals surface area contributed by atoms with Crippen molar-refractivity contribution in [3.05, 3.63) is 60.3 Å². The molecule has 4 aromatic rings. The van der Waals surface area contributed by atoms with Gasteiger partial charge < -0.3 is 20.2 Å². The molecule has 1 saturated heterocycles. The van der Waals surface area contributed by atoms with Gasteiger partial charge in [0, 0.05) is 60.6 Å². The van der Waals surface area contributed by atoms with E-state index >= 15 is 4.39 Å². The van der Waals surface area contributed by atoms with Crippen molar-refractivity contribution in [2.75, 3.05) is 33.2 Å². The van der Waals surface area contributed by atoms with Gasteiger partial charge in [0.2, 0.25) is 11.8 Å². The lowest BCUT2D eigenvalue weighted by molar-refractivity contribution is -0.139. The van der Waals surface area contributed by atoms with Gasteiger partial charge in [0.05, 0.1) is 29.5 Å². The van der Waals surface area contributed by atoms with Crippen LogP contribution in [0.25, 0.3) is 32.9 Å². The Morgan fingerprint density at radius 3 is 2.63 bits per heavy atom. The maximum atomic E-state index is 15.6. The van der Waals surface area contributed by atoms with Crippen molar-refractivity contribution < 1.29 is 23.9 Å². The number of halogens is 1. The lowest BCUT2D eigenvalue weighted by atomic mass is 9.56. The minimum Gasteiger partial charge on any atom is -0.480 e. The molecule has 12 heteroatoms. The first-order valence-corrected chi connectivity index (χ1v) is 14.2. The molecular formula is C31H34FN7O4. The van der Waals surface area contributed by atoms with E-state index < -0.39 is 18.4 Å². The Kier molecular flexibility index (Phi) is 6.94. The van der Waals surface area contributed by atoms with Crippen LogP contribution in [0.4, 0.5) is 4.39 Å². The van der Waals surface area contributed by atoms with E-state index in [4.69, 9.17) is 10.2 Å². The zero-order chi connectivity index (χ0) is 30.6. The first kappa shape index (κ1) is 28.4. The fourth-order valence-corrected chi connectivity index (χ4v) is 6.52. The second-order valence-corrected chi connectivity index (χ2v) is 12.0. The molecule has 3 heterocycles. The number of allylic oxidation sites excluding steroid dienone is 1. The number of hydrogen-bond acceptors (Lipinski definition) is 6. The third-order valence-electron chi connectivity index (χ3n) is 8.80. The normalized spacial score (nSPS) is 15.9. The number of carboxylic acid groups (broad SMARTS) is 1. The number of likely N-dealkylation sites (N-methyl/N-ethyl adjacent to an activating group) is 1. The molecule has 11 nitrogen and oxygen atoms in total. The first-order valence-electron chi connectivity index (χ1n) is 14.2. The molecule has 0 atom stereocenters. The van der Waals surface area contributed by atoms with E-state index in [-0.39, 0.29) is 36.1 Å². The largest absolute Gasteiger partial charge is 0.480 e. The summed E-state index contributed by atoms with van der Waals surface area (Å²) >= 11 is 0. The van der Waals surface area contributed by atoms with Crippen LogP contribution in [-0.4, -0.2) is 85.5 Å². The minimum absolute atomic E-state index is 0.132. The van der Waals surface area contributed by atoms with E-state index in [1.807, 2.05) is 32.2 Å². The number of aromatic nitrogens is 4. The molecule has 1 spiro atoms. The van der Waals surface area contributed by atoms with Crippen LogP contribution in [0.5, 0.6) is 0 Å². The van der Waals surface area contributed by atoms with E-state index in [0.29, 0.717) is 22.0 Å². The number of benzene rings is 2. The van der Waals surface area contributed by atoms with Gasteiger partial charge in [-0.3, -0.25) is 23.7 Å². The lowest BCUT2D eigenvalue weighted by Crippen LogP contribution is -2.60. The molecule has 224 valence electrons. The summed E-state index contributed by atoms with van der Waals surface area (Å²) in [5.41, 5.74) is 4.76. The highest BCUT2D eigenvalue weighted by Crippen LogP contribution is 2.57. The first-order chi connectivity index (χ1) is 20.4. The summed E-state index contributed by atoms with van der Waals surface area (Å²) in [4.78, 5) is 39.6. The van der Waals surface area contributed by atoms with Crippen molar-refractivity contribution in [2.45, 2.75) is 32.2 Å². The molecule has 2 fully saturated rings. The molecule has 1 aliphatic carbocycles. The van der Waals surface area contributed by atoms with Crippen molar-refractivity contribution >= 4 is 39.6 Å². The zero-order valence-electron chi connectivity index (χ0n) is 24.4. The Morgan fingerprint density at radius 2 is 1.93 bits per heavy atom. The number of likely N-dealkylation sites (tertiary alicyclic amines) is 1. The fourth-order valence-electron chi connectivity index (χ4n) is 6.52. The molecule has 0 radical (unpaired) electrons. The lowest BCUT2D eigenvalue weighted by Gasteiger charge is -2.60. The quantitative estimate of drug-likeness (QED) is 0.308. The highest BCUT2D eigenvalue weighted by atomic mass is 19.1. The van der Waals surface area contributed by atoms with E-state index in [0.717, 1.165) is 48.2 Å². The second kappa shape index (κ2) is 10.5. The van der Waals surface area contributed by atoms with E-state index in [9.17, 15) is 14.4 Å². The van der Waals surface area contributed by atoms with Crippen LogP contribution >= 0.6 is 0 Å². The maximum absolute atomic E-state index is 15.6. The molecule has 2 aromatic heterocycles. The summed E-state index contributed by atoms with van der Waals surface area (Å²) in [6.45, 7) is 7.06. The zero-order valence-corrected chi connectivity index (χ0v) is 24.4. The van der Waals surface area contributed by atoms with Crippen molar-refractivity contribution in [3.8, 4) is 11.1 Å². The average molecular weight is 588 g/mol. The van der Waals surface area contributed by atoms with Crippen LogP contribution in [-0.2, 0) is 28.0 Å². The van der Waals surface area contributed by atoms with Gasteiger partial charge in [-0.15, -0.1) is 0 Å². The second-order valence-electron chi connectivity index (χ2n) is 12.0. The van der Waals surface area contributed by atoms with Crippen LogP contribution in [0, 0.1) is 11.2 Å². The summed E-state index contributed by atoms with van der Waals surface area (Å²) in [6.07, 6.45) is 3.52. The van der Waals surface area contributed by atoms with E-state index in [2.05, 4.69) is 21.9 Å². The Balaban J connectivity index is 1.35. The summed E-state index contributed by atoms with van der Waals surface area (Å²) in [7, 11) is 3.30. The topological polar surface area (TPSA) is 126 Å². The van der Waals surface area contributed by atoms with Gasteiger partial charge in [-0.1, -0.05) is 18.7 Å². The standard InChI is InChI=1S/C31H34FN7O4/c1-18(2)38-16-31(17-38)10-20(11-31)30-29-21(22-9-25-19(8-23(22)32)12-34-37(25)4)6-5-7-24(29)39(35-30)15-27(41)36(3)14-26(40)33-13-28(42)43/h5-9,12,20H,1,10-11,13-17H2,2-4H3,(H,33,40)(H,42,43). The highest BCUT2D eigenvalue weighted by Gasteiger charge is 2.53. The van der Waals surface area contributed by atoms with Crippen LogP contribution in [0.15, 0.2) is 48.8 Å². The van der Waals surface area contributed by atoms with Crippen molar-refractivity contribution in [3.63, 3.8) is 0 Å². The van der Waals surface area contributed by atoms with Gasteiger partial charge in [-0.25, -0.2) is 4.39 Å². The number of rotatable bonds is 9. The Bertz CT molecular complexity index is 1790. The number of carbonyl (C=O) groups excluding carboxylic acids is 2. The van der Waals surface area contributed by atoms with Crippen LogP contribution in [0.3, 0.4) is 0 Å². The number of amides is 2. The average Bonchev–Trinajstić information content (AvgIpc) is 3.45. The van der Waals surface area contributed by atoms with Gasteiger partial charge in [-0.05, 0) is 43.5 Å². The number of nitrogens with zero attached hydrogens (tertiary/aromatic N) is 6. The van der Waals surface area contributed by atoms with Crippen molar-refractivity contribution in [1.82, 2.24) is 34.7 Å². The van der Waals surface area contributed by atoms with Crippen molar-refractivity contribution in [2.24, 2.45) is 12.5 Å². The molecule has 1 aliphatic heterocycles. The number of nitrogens with one attached hydrogen (secondary N) is 1. The number of carbonyl (C=O) groups is 3. The van der Waals surface area contributed by atoms with E-state index in [1.165, 1.54) is 18.0 Å². The third kappa shape index (κ3) is 5.10. The molecule has 0 bridgehead atoms. The molecular weight excluding hydrogens is 553 g/mol. The summed E-state index contributed by atoms with van der Waals surface area (Å²) in [5.74, 6) is -2.32. The predicted octanol–water partition coefficient (Wildman–Crippen LogP) is 3.10. The Hall–Kier alpha value is -4.74. The highest BCUT2D eigenvalue weighted by molar-refractivity contribution is 6.00. The molecule has 0 unspecified atom stereocenters.